The summed E-state index contributed by atoms with van der Waals surface area (Å²) in [6, 6.07) is 0. The van der Waals surface area contributed by atoms with Crippen LogP contribution in [0.4, 0.5) is 0 Å². The molecule has 1 saturated heterocycles. The zero-order valence-corrected chi connectivity index (χ0v) is 10.9. The lowest BCUT2D eigenvalue weighted by atomic mass is 9.63. The Kier molecular flexibility index (Phi) is 2.94. The third kappa shape index (κ3) is 1.70. The van der Waals surface area contributed by atoms with Gasteiger partial charge in [0, 0.05) is 12.8 Å². The van der Waals surface area contributed by atoms with Crippen LogP contribution in [-0.4, -0.2) is 32.1 Å². The molecule has 1 atom stereocenters. The third-order valence-electron chi connectivity index (χ3n) is 4.60. The number of hydrogen-bond donors (Lipinski definition) is 0. The summed E-state index contributed by atoms with van der Waals surface area (Å²) in [5.74, 6) is -0.540. The van der Waals surface area contributed by atoms with Gasteiger partial charge < -0.3 is 14.2 Å². The van der Waals surface area contributed by atoms with Crippen molar-refractivity contribution < 1.29 is 19.0 Å². The van der Waals surface area contributed by atoms with Gasteiger partial charge in [-0.1, -0.05) is 11.6 Å². The fourth-order valence-electron chi connectivity index (χ4n) is 3.62. The average molecular weight is 252 g/mol. The van der Waals surface area contributed by atoms with E-state index >= 15 is 0 Å². The summed E-state index contributed by atoms with van der Waals surface area (Å²) in [6.07, 6.45) is 7.51. The van der Waals surface area contributed by atoms with Crippen LogP contribution in [0.15, 0.2) is 11.6 Å². The number of carbonyl (C=O) groups is 1. The zero-order chi connectivity index (χ0) is 12.6. The quantitative estimate of drug-likeness (QED) is 0.530. The molecule has 18 heavy (non-hydrogen) atoms. The highest BCUT2D eigenvalue weighted by molar-refractivity contribution is 5.81. The molecule has 0 aromatic carbocycles. The molecule has 1 heterocycles. The molecule has 0 bridgehead atoms. The van der Waals surface area contributed by atoms with Crippen LogP contribution in [-0.2, 0) is 19.0 Å². The molecule has 0 amide bonds. The molecule has 0 radical (unpaired) electrons. The summed E-state index contributed by atoms with van der Waals surface area (Å²) in [5, 5.41) is 0. The number of fused-ring (bicyclic) bond motifs is 1. The summed E-state index contributed by atoms with van der Waals surface area (Å²) in [5.41, 5.74) is 0.779. The van der Waals surface area contributed by atoms with E-state index in [1.54, 1.807) is 0 Å². The average Bonchev–Trinajstić information content (AvgIpc) is 2.86. The molecule has 2 fully saturated rings. The Balaban J connectivity index is 1.90. The smallest absolute Gasteiger partial charge is 0.315 e. The maximum Gasteiger partial charge on any atom is 0.315 e. The van der Waals surface area contributed by atoms with Gasteiger partial charge >= 0.3 is 5.97 Å². The van der Waals surface area contributed by atoms with Gasteiger partial charge in [0.15, 0.2) is 5.79 Å². The first kappa shape index (κ1) is 12.2. The first-order valence-corrected chi connectivity index (χ1v) is 6.77. The molecule has 3 aliphatic rings. The second-order valence-corrected chi connectivity index (χ2v) is 5.48. The van der Waals surface area contributed by atoms with Gasteiger partial charge in [0.25, 0.3) is 0 Å². The van der Waals surface area contributed by atoms with Crippen LogP contribution in [0.2, 0.25) is 0 Å². The monoisotopic (exact) mass is 252 g/mol. The van der Waals surface area contributed by atoms with Crippen molar-refractivity contribution in [2.24, 2.45) is 5.41 Å². The van der Waals surface area contributed by atoms with Crippen LogP contribution in [0.5, 0.6) is 0 Å². The zero-order valence-electron chi connectivity index (χ0n) is 10.9. The lowest BCUT2D eigenvalue weighted by Crippen LogP contribution is -2.46. The molecular weight excluding hydrogens is 232 g/mol. The van der Waals surface area contributed by atoms with Gasteiger partial charge in [-0.05, 0) is 25.7 Å². The summed E-state index contributed by atoms with van der Waals surface area (Å²) < 4.78 is 16.6. The SMILES string of the molecule is COC(=O)C12CCCC=C1CC1(CC2)OCCO1. The maximum absolute atomic E-state index is 12.2. The van der Waals surface area contributed by atoms with E-state index in [4.69, 9.17) is 14.2 Å². The van der Waals surface area contributed by atoms with Crippen molar-refractivity contribution in [3.63, 3.8) is 0 Å². The minimum Gasteiger partial charge on any atom is -0.468 e. The second-order valence-electron chi connectivity index (χ2n) is 5.48. The van der Waals surface area contributed by atoms with Gasteiger partial charge in [0.05, 0.1) is 25.7 Å². The number of carbonyl (C=O) groups excluding carboxylic acids is 1. The Morgan fingerprint density at radius 2 is 2.06 bits per heavy atom. The van der Waals surface area contributed by atoms with Crippen LogP contribution in [0.25, 0.3) is 0 Å². The van der Waals surface area contributed by atoms with E-state index in [1.165, 1.54) is 12.7 Å². The molecule has 0 aromatic heterocycles. The molecular formula is C14H20O4. The number of esters is 1. The third-order valence-corrected chi connectivity index (χ3v) is 4.60. The largest absolute Gasteiger partial charge is 0.468 e. The fourth-order valence-corrected chi connectivity index (χ4v) is 3.62. The molecule has 3 rings (SSSR count). The molecule has 1 aliphatic heterocycles. The normalized spacial score (nSPS) is 33.9. The first-order chi connectivity index (χ1) is 8.71. The summed E-state index contributed by atoms with van der Waals surface area (Å²) in [7, 11) is 1.48. The predicted molar refractivity (Wildman–Crippen MR) is 64.9 cm³/mol. The van der Waals surface area contributed by atoms with Gasteiger partial charge in [-0.15, -0.1) is 0 Å². The standard InChI is InChI=1S/C14H20O4/c1-16-12(15)13-5-3-2-4-11(13)10-14(7-6-13)17-8-9-18-14/h4H,2-3,5-10H2,1H3. The molecule has 1 saturated carbocycles. The topological polar surface area (TPSA) is 44.8 Å². The van der Waals surface area contributed by atoms with Crippen LogP contribution in [0.3, 0.4) is 0 Å². The van der Waals surface area contributed by atoms with Crippen LogP contribution in [0.1, 0.15) is 38.5 Å². The van der Waals surface area contributed by atoms with E-state index in [-0.39, 0.29) is 5.97 Å². The Labute approximate surface area is 107 Å². The minimum atomic E-state index is -0.458. The van der Waals surface area contributed by atoms with Gasteiger partial charge in [-0.3, -0.25) is 4.79 Å². The van der Waals surface area contributed by atoms with Crippen molar-refractivity contribution in [3.05, 3.63) is 11.6 Å². The van der Waals surface area contributed by atoms with Crippen LogP contribution in [0, 0.1) is 5.41 Å². The lowest BCUT2D eigenvalue weighted by molar-refractivity contribution is -0.185. The van der Waals surface area contributed by atoms with Crippen molar-refractivity contribution in [3.8, 4) is 0 Å². The van der Waals surface area contributed by atoms with Crippen molar-refractivity contribution in [1.82, 2.24) is 0 Å². The molecule has 4 heteroatoms. The Hall–Kier alpha value is -0.870. The van der Waals surface area contributed by atoms with Crippen molar-refractivity contribution in [2.75, 3.05) is 20.3 Å². The molecule has 1 unspecified atom stereocenters. The second kappa shape index (κ2) is 4.35. The number of methoxy groups -OCH3 is 1. The fraction of sp³-hybridized carbons (Fsp3) is 0.786. The maximum atomic E-state index is 12.2. The van der Waals surface area contributed by atoms with E-state index in [0.29, 0.717) is 13.2 Å². The van der Waals surface area contributed by atoms with Crippen LogP contribution < -0.4 is 0 Å². The van der Waals surface area contributed by atoms with Crippen molar-refractivity contribution >= 4 is 5.97 Å². The van der Waals surface area contributed by atoms with E-state index in [9.17, 15) is 4.79 Å². The summed E-state index contributed by atoms with van der Waals surface area (Å²) >= 11 is 0. The highest BCUT2D eigenvalue weighted by atomic mass is 16.7. The minimum absolute atomic E-state index is 0.0821. The number of ether oxygens (including phenoxy) is 3. The van der Waals surface area contributed by atoms with E-state index in [0.717, 1.165) is 38.5 Å². The van der Waals surface area contributed by atoms with Crippen molar-refractivity contribution in [2.45, 2.75) is 44.3 Å². The lowest BCUT2D eigenvalue weighted by Gasteiger charge is -2.45. The Morgan fingerprint density at radius 3 is 2.78 bits per heavy atom. The van der Waals surface area contributed by atoms with Gasteiger partial charge in [-0.2, -0.15) is 0 Å². The van der Waals surface area contributed by atoms with Crippen LogP contribution >= 0.6 is 0 Å². The predicted octanol–water partition coefficient (Wildman–Crippen LogP) is 2.18. The van der Waals surface area contributed by atoms with Gasteiger partial charge in [-0.25, -0.2) is 0 Å². The van der Waals surface area contributed by atoms with Gasteiger partial charge in [0.2, 0.25) is 0 Å². The molecule has 2 aliphatic carbocycles. The molecule has 4 nitrogen and oxygen atoms in total. The van der Waals surface area contributed by atoms with E-state index in [2.05, 4.69) is 6.08 Å². The van der Waals surface area contributed by atoms with Crippen molar-refractivity contribution in [1.29, 1.82) is 0 Å². The molecule has 1 spiro atoms. The number of allylic oxidation sites excluding steroid dienone is 1. The Bertz CT molecular complexity index is 381. The Morgan fingerprint density at radius 1 is 1.28 bits per heavy atom. The van der Waals surface area contributed by atoms with Gasteiger partial charge in [0.1, 0.15) is 0 Å². The summed E-state index contributed by atoms with van der Waals surface area (Å²) in [4.78, 5) is 12.2. The molecule has 0 aromatic rings. The number of hydrogen-bond acceptors (Lipinski definition) is 4. The molecule has 0 N–H and O–H groups in total. The highest BCUT2D eigenvalue weighted by Crippen LogP contribution is 2.53. The number of rotatable bonds is 1. The summed E-state index contributed by atoms with van der Waals surface area (Å²) in [6.45, 7) is 1.33. The highest BCUT2D eigenvalue weighted by Gasteiger charge is 2.53. The molecule has 100 valence electrons. The van der Waals surface area contributed by atoms with E-state index < -0.39 is 11.2 Å². The van der Waals surface area contributed by atoms with E-state index in [1.807, 2.05) is 0 Å². The first-order valence-electron chi connectivity index (χ1n) is 6.77.